The number of rotatable bonds is 2. The molecule has 2 aromatic carbocycles. The fraction of sp³-hybridized carbons (Fsp3) is 0. The molecular weight excluding hydrogens is 312 g/mol. The number of halogens is 2. The van der Waals surface area contributed by atoms with Gasteiger partial charge >= 0.3 is 0 Å². The highest BCUT2D eigenvalue weighted by atomic mass is 19.1. The largest absolute Gasteiger partial charge is 0.296 e. The SMILES string of the molecule is O=c1cc(-c2ccc(F)cc2)nc2c(-c3ccc(F)cc3)c[nH]n12. The molecule has 0 aliphatic heterocycles. The van der Waals surface area contributed by atoms with Crippen molar-refractivity contribution in [2.45, 2.75) is 0 Å². The third kappa shape index (κ3) is 2.38. The Morgan fingerprint density at radius 3 is 2.08 bits per heavy atom. The normalized spacial score (nSPS) is 11.1. The van der Waals surface area contributed by atoms with Crippen molar-refractivity contribution >= 4 is 5.65 Å². The molecule has 0 atom stereocenters. The summed E-state index contributed by atoms with van der Waals surface area (Å²) >= 11 is 0. The summed E-state index contributed by atoms with van der Waals surface area (Å²) in [7, 11) is 0. The second-order valence-corrected chi connectivity index (χ2v) is 5.34. The van der Waals surface area contributed by atoms with Crippen LogP contribution in [0.4, 0.5) is 8.78 Å². The minimum Gasteiger partial charge on any atom is -0.296 e. The minimum absolute atomic E-state index is 0.285. The maximum absolute atomic E-state index is 13.1. The van der Waals surface area contributed by atoms with Crippen LogP contribution in [0.15, 0.2) is 65.6 Å². The van der Waals surface area contributed by atoms with Gasteiger partial charge in [0.15, 0.2) is 5.65 Å². The molecule has 0 aliphatic carbocycles. The first-order chi connectivity index (χ1) is 11.6. The molecule has 0 spiro atoms. The van der Waals surface area contributed by atoms with E-state index in [0.717, 1.165) is 5.56 Å². The maximum Gasteiger partial charge on any atom is 0.273 e. The summed E-state index contributed by atoms with van der Waals surface area (Å²) in [5.41, 5.74) is 2.64. The van der Waals surface area contributed by atoms with Crippen LogP contribution in [0.25, 0.3) is 28.0 Å². The van der Waals surface area contributed by atoms with Crippen molar-refractivity contribution in [3.8, 4) is 22.4 Å². The van der Waals surface area contributed by atoms with Crippen molar-refractivity contribution in [3.05, 3.63) is 82.8 Å². The lowest BCUT2D eigenvalue weighted by Gasteiger charge is -2.03. The zero-order chi connectivity index (χ0) is 16.7. The molecule has 4 aromatic rings. The topological polar surface area (TPSA) is 50.2 Å². The Labute approximate surface area is 135 Å². The van der Waals surface area contributed by atoms with Gasteiger partial charge < -0.3 is 0 Å². The van der Waals surface area contributed by atoms with Crippen LogP contribution in [0, 0.1) is 11.6 Å². The standard InChI is InChI=1S/C18H11F2N3O/c19-13-5-1-11(2-6-13)15-10-21-23-17(24)9-16(22-18(15)23)12-3-7-14(20)8-4-12/h1-10,21H. The van der Waals surface area contributed by atoms with Crippen LogP contribution in [-0.4, -0.2) is 14.6 Å². The van der Waals surface area contributed by atoms with E-state index in [0.29, 0.717) is 22.5 Å². The Balaban J connectivity index is 1.93. The van der Waals surface area contributed by atoms with Crippen LogP contribution in [0.3, 0.4) is 0 Å². The predicted octanol–water partition coefficient (Wildman–Crippen LogP) is 3.63. The zero-order valence-corrected chi connectivity index (χ0v) is 12.3. The van der Waals surface area contributed by atoms with Crippen molar-refractivity contribution in [2.24, 2.45) is 0 Å². The van der Waals surface area contributed by atoms with Gasteiger partial charge in [-0.1, -0.05) is 12.1 Å². The molecule has 2 heterocycles. The Hall–Kier alpha value is -3.28. The van der Waals surface area contributed by atoms with E-state index in [1.807, 2.05) is 0 Å². The summed E-state index contributed by atoms with van der Waals surface area (Å²) in [6.45, 7) is 0. The number of nitrogens with zero attached hydrogens (tertiary/aromatic N) is 2. The van der Waals surface area contributed by atoms with Gasteiger partial charge in [-0.3, -0.25) is 9.89 Å². The van der Waals surface area contributed by atoms with E-state index < -0.39 is 0 Å². The number of benzene rings is 2. The lowest BCUT2D eigenvalue weighted by Crippen LogP contribution is -2.14. The monoisotopic (exact) mass is 323 g/mol. The maximum atomic E-state index is 13.1. The third-order valence-corrected chi connectivity index (χ3v) is 3.79. The van der Waals surface area contributed by atoms with Gasteiger partial charge in [0.2, 0.25) is 0 Å². The quantitative estimate of drug-likeness (QED) is 0.612. The van der Waals surface area contributed by atoms with Crippen molar-refractivity contribution in [2.75, 3.05) is 0 Å². The molecule has 0 saturated carbocycles. The first kappa shape index (κ1) is 14.3. The van der Waals surface area contributed by atoms with Crippen LogP contribution < -0.4 is 5.56 Å². The molecule has 0 amide bonds. The molecule has 0 bridgehead atoms. The molecule has 0 fully saturated rings. The molecule has 118 valence electrons. The van der Waals surface area contributed by atoms with E-state index in [4.69, 9.17) is 0 Å². The molecule has 0 aliphatic rings. The fourth-order valence-corrected chi connectivity index (χ4v) is 2.59. The van der Waals surface area contributed by atoms with Gasteiger partial charge in [-0.05, 0) is 42.0 Å². The number of hydrogen-bond acceptors (Lipinski definition) is 2. The van der Waals surface area contributed by atoms with Crippen molar-refractivity contribution in [1.82, 2.24) is 14.6 Å². The number of fused-ring (bicyclic) bond motifs is 1. The summed E-state index contributed by atoms with van der Waals surface area (Å²) in [5, 5.41) is 2.85. The highest BCUT2D eigenvalue weighted by molar-refractivity contribution is 5.78. The first-order valence-corrected chi connectivity index (χ1v) is 7.25. The molecular formula is C18H11F2N3O. The highest BCUT2D eigenvalue weighted by Crippen LogP contribution is 2.25. The Morgan fingerprint density at radius 1 is 0.875 bits per heavy atom. The van der Waals surface area contributed by atoms with Crippen molar-refractivity contribution < 1.29 is 8.78 Å². The van der Waals surface area contributed by atoms with Crippen molar-refractivity contribution in [3.63, 3.8) is 0 Å². The minimum atomic E-state index is -0.356. The average molecular weight is 323 g/mol. The fourth-order valence-electron chi connectivity index (χ4n) is 2.59. The van der Waals surface area contributed by atoms with E-state index in [1.54, 1.807) is 30.5 Å². The third-order valence-electron chi connectivity index (χ3n) is 3.79. The second-order valence-electron chi connectivity index (χ2n) is 5.34. The van der Waals surface area contributed by atoms with Gasteiger partial charge in [-0.25, -0.2) is 18.3 Å². The Bertz CT molecular complexity index is 1080. The van der Waals surface area contributed by atoms with Crippen molar-refractivity contribution in [1.29, 1.82) is 0 Å². The summed E-state index contributed by atoms with van der Waals surface area (Å²) < 4.78 is 27.5. The Morgan fingerprint density at radius 2 is 1.46 bits per heavy atom. The molecule has 0 saturated heterocycles. The molecule has 0 unspecified atom stereocenters. The molecule has 4 rings (SSSR count). The van der Waals surface area contributed by atoms with Crippen LogP contribution >= 0.6 is 0 Å². The second kappa shape index (κ2) is 5.42. The Kier molecular flexibility index (Phi) is 3.23. The van der Waals surface area contributed by atoms with E-state index in [1.165, 1.54) is 34.8 Å². The van der Waals surface area contributed by atoms with Gasteiger partial charge in [-0.2, -0.15) is 0 Å². The van der Waals surface area contributed by atoms with E-state index in [-0.39, 0.29) is 17.2 Å². The highest BCUT2D eigenvalue weighted by Gasteiger charge is 2.12. The average Bonchev–Trinajstić information content (AvgIpc) is 3.01. The molecule has 24 heavy (non-hydrogen) atoms. The van der Waals surface area contributed by atoms with Crippen LogP contribution in [0.5, 0.6) is 0 Å². The molecule has 4 nitrogen and oxygen atoms in total. The lowest BCUT2D eigenvalue weighted by molar-refractivity contribution is 0.627. The number of aromatic nitrogens is 3. The predicted molar refractivity (Wildman–Crippen MR) is 86.6 cm³/mol. The number of nitrogens with one attached hydrogen (secondary N) is 1. The molecule has 6 heteroatoms. The number of aromatic amines is 1. The molecule has 2 aromatic heterocycles. The van der Waals surface area contributed by atoms with E-state index >= 15 is 0 Å². The van der Waals surface area contributed by atoms with Gasteiger partial charge in [-0.15, -0.1) is 0 Å². The van der Waals surface area contributed by atoms with Gasteiger partial charge in [0.25, 0.3) is 5.56 Å². The number of hydrogen-bond donors (Lipinski definition) is 1. The van der Waals surface area contributed by atoms with Gasteiger partial charge in [0.05, 0.1) is 5.69 Å². The summed E-state index contributed by atoms with van der Waals surface area (Å²) in [5.74, 6) is -0.694. The summed E-state index contributed by atoms with van der Waals surface area (Å²) in [6, 6.07) is 13.1. The summed E-state index contributed by atoms with van der Waals surface area (Å²) in [6.07, 6.45) is 1.64. The van der Waals surface area contributed by atoms with Gasteiger partial charge in [0, 0.05) is 23.4 Å². The van der Waals surface area contributed by atoms with Crippen LogP contribution in [0.1, 0.15) is 0 Å². The number of H-pyrrole nitrogens is 1. The summed E-state index contributed by atoms with van der Waals surface area (Å²) in [4.78, 5) is 16.8. The van der Waals surface area contributed by atoms with Gasteiger partial charge in [0.1, 0.15) is 11.6 Å². The first-order valence-electron chi connectivity index (χ1n) is 7.25. The smallest absolute Gasteiger partial charge is 0.273 e. The lowest BCUT2D eigenvalue weighted by atomic mass is 10.1. The zero-order valence-electron chi connectivity index (χ0n) is 12.3. The van der Waals surface area contributed by atoms with Crippen LogP contribution in [-0.2, 0) is 0 Å². The van der Waals surface area contributed by atoms with Crippen LogP contribution in [0.2, 0.25) is 0 Å². The van der Waals surface area contributed by atoms with E-state index in [9.17, 15) is 13.6 Å². The molecule has 0 radical (unpaired) electrons. The van der Waals surface area contributed by atoms with E-state index in [2.05, 4.69) is 10.1 Å². The molecule has 1 N–H and O–H groups in total.